The van der Waals surface area contributed by atoms with Crippen molar-refractivity contribution in [2.45, 2.75) is 17.1 Å². The van der Waals surface area contributed by atoms with Gasteiger partial charge in [-0.3, -0.25) is 0 Å². The second-order valence-electron chi connectivity index (χ2n) is 3.99. The molecule has 0 aromatic heterocycles. The molecule has 2 aromatic rings. The van der Waals surface area contributed by atoms with Crippen molar-refractivity contribution in [1.29, 1.82) is 0 Å². The van der Waals surface area contributed by atoms with E-state index in [1.54, 1.807) is 0 Å². The lowest BCUT2D eigenvalue weighted by Gasteiger charge is -2.05. The normalized spacial score (nSPS) is 13.8. The summed E-state index contributed by atoms with van der Waals surface area (Å²) in [6.45, 7) is 0. The Kier molecular flexibility index (Phi) is 2.66. The molecule has 0 nitrogen and oxygen atoms in total. The van der Waals surface area contributed by atoms with Crippen LogP contribution in [0.2, 0.25) is 5.02 Å². The third kappa shape index (κ3) is 1.85. The van der Waals surface area contributed by atoms with Crippen molar-refractivity contribution in [2.75, 3.05) is 0 Å². The number of thioether (sulfide) groups is 1. The minimum atomic E-state index is 0.836. The van der Waals surface area contributed by atoms with Crippen molar-refractivity contribution >= 4 is 23.4 Å². The SMILES string of the molecule is Clc1ccc2c(c1)Cc1ccccc1SC2. The van der Waals surface area contributed by atoms with Crippen LogP contribution in [0.5, 0.6) is 0 Å². The van der Waals surface area contributed by atoms with Crippen LogP contribution in [0.25, 0.3) is 0 Å². The maximum absolute atomic E-state index is 6.05. The molecule has 0 saturated heterocycles. The van der Waals surface area contributed by atoms with Gasteiger partial charge in [-0.25, -0.2) is 0 Å². The zero-order valence-corrected chi connectivity index (χ0v) is 10.3. The Bertz CT molecular complexity index is 534. The van der Waals surface area contributed by atoms with E-state index in [0.717, 1.165) is 17.2 Å². The average Bonchev–Trinajstić information content (AvgIpc) is 2.47. The van der Waals surface area contributed by atoms with E-state index < -0.39 is 0 Å². The van der Waals surface area contributed by atoms with Crippen LogP contribution in [-0.2, 0) is 12.2 Å². The van der Waals surface area contributed by atoms with Crippen LogP contribution < -0.4 is 0 Å². The number of benzene rings is 2. The predicted molar refractivity (Wildman–Crippen MR) is 70.3 cm³/mol. The molecule has 0 bridgehead atoms. The zero-order valence-electron chi connectivity index (χ0n) is 8.74. The third-order valence-corrected chi connectivity index (χ3v) is 4.30. The van der Waals surface area contributed by atoms with Gasteiger partial charge in [0, 0.05) is 15.7 Å². The molecule has 0 amide bonds. The molecule has 2 aromatic carbocycles. The van der Waals surface area contributed by atoms with E-state index in [1.807, 2.05) is 17.8 Å². The van der Waals surface area contributed by atoms with E-state index >= 15 is 0 Å². The van der Waals surface area contributed by atoms with Crippen molar-refractivity contribution in [3.05, 3.63) is 64.2 Å². The van der Waals surface area contributed by atoms with Crippen LogP contribution in [0.15, 0.2) is 47.4 Å². The Labute approximate surface area is 105 Å². The summed E-state index contributed by atoms with van der Waals surface area (Å²) < 4.78 is 0. The maximum atomic E-state index is 6.05. The topological polar surface area (TPSA) is 0 Å². The highest BCUT2D eigenvalue weighted by molar-refractivity contribution is 7.98. The Morgan fingerprint density at radius 1 is 0.938 bits per heavy atom. The van der Waals surface area contributed by atoms with Crippen LogP contribution in [0.3, 0.4) is 0 Å². The first-order valence-electron chi connectivity index (χ1n) is 5.31. The van der Waals surface area contributed by atoms with Crippen molar-refractivity contribution in [3.63, 3.8) is 0 Å². The van der Waals surface area contributed by atoms with Gasteiger partial charge >= 0.3 is 0 Å². The van der Waals surface area contributed by atoms with Crippen LogP contribution in [0, 0.1) is 0 Å². The molecule has 0 saturated carbocycles. The summed E-state index contributed by atoms with van der Waals surface area (Å²) in [5, 5.41) is 0.836. The van der Waals surface area contributed by atoms with E-state index in [0.29, 0.717) is 0 Å². The second kappa shape index (κ2) is 4.15. The van der Waals surface area contributed by atoms with Gasteiger partial charge < -0.3 is 0 Å². The lowest BCUT2D eigenvalue weighted by molar-refractivity contribution is 1.12. The third-order valence-electron chi connectivity index (χ3n) is 2.90. The molecule has 0 fully saturated rings. The second-order valence-corrected chi connectivity index (χ2v) is 5.44. The first-order chi connectivity index (χ1) is 7.83. The Hall–Kier alpha value is -0.920. The summed E-state index contributed by atoms with van der Waals surface area (Å²) in [7, 11) is 0. The number of fused-ring (bicyclic) bond motifs is 2. The molecule has 0 unspecified atom stereocenters. The van der Waals surface area contributed by atoms with Gasteiger partial charge in [0.1, 0.15) is 0 Å². The molecule has 1 aliphatic rings. The molecule has 0 aliphatic carbocycles. The van der Waals surface area contributed by atoms with Gasteiger partial charge in [-0.2, -0.15) is 0 Å². The molecule has 2 heteroatoms. The van der Waals surface area contributed by atoms with Gasteiger partial charge in [-0.1, -0.05) is 35.9 Å². The summed E-state index contributed by atoms with van der Waals surface area (Å²) in [6.07, 6.45) is 0.999. The van der Waals surface area contributed by atoms with Crippen molar-refractivity contribution in [1.82, 2.24) is 0 Å². The summed E-state index contributed by atoms with van der Waals surface area (Å²) in [4.78, 5) is 1.40. The number of hydrogen-bond donors (Lipinski definition) is 0. The van der Waals surface area contributed by atoms with Gasteiger partial charge in [0.2, 0.25) is 0 Å². The molecule has 0 N–H and O–H groups in total. The molecule has 3 rings (SSSR count). The lowest BCUT2D eigenvalue weighted by atomic mass is 10.0. The molecule has 0 spiro atoms. The molecule has 80 valence electrons. The Balaban J connectivity index is 2.10. The fraction of sp³-hybridized carbons (Fsp3) is 0.143. The summed E-state index contributed by atoms with van der Waals surface area (Å²) in [5.41, 5.74) is 4.18. The average molecular weight is 247 g/mol. The first-order valence-corrected chi connectivity index (χ1v) is 6.67. The molecule has 1 aliphatic heterocycles. The molecular formula is C14H11ClS. The Morgan fingerprint density at radius 3 is 2.75 bits per heavy atom. The van der Waals surface area contributed by atoms with Gasteiger partial charge in [0.15, 0.2) is 0 Å². The quantitative estimate of drug-likeness (QED) is 0.658. The van der Waals surface area contributed by atoms with Crippen molar-refractivity contribution < 1.29 is 0 Å². The zero-order chi connectivity index (χ0) is 11.0. The maximum Gasteiger partial charge on any atom is 0.0409 e. The highest BCUT2D eigenvalue weighted by Crippen LogP contribution is 2.34. The minimum Gasteiger partial charge on any atom is -0.121 e. The molecule has 0 radical (unpaired) electrons. The van der Waals surface area contributed by atoms with Gasteiger partial charge in [-0.15, -0.1) is 11.8 Å². The molecular weight excluding hydrogens is 236 g/mol. The van der Waals surface area contributed by atoms with E-state index in [9.17, 15) is 0 Å². The van der Waals surface area contributed by atoms with E-state index in [2.05, 4.69) is 36.4 Å². The largest absolute Gasteiger partial charge is 0.121 e. The fourth-order valence-corrected chi connectivity index (χ4v) is 3.34. The molecule has 1 heterocycles. The fourth-order valence-electron chi connectivity index (χ4n) is 2.05. The molecule has 0 atom stereocenters. The van der Waals surface area contributed by atoms with Crippen molar-refractivity contribution in [3.8, 4) is 0 Å². The minimum absolute atomic E-state index is 0.836. The van der Waals surface area contributed by atoms with E-state index in [4.69, 9.17) is 11.6 Å². The van der Waals surface area contributed by atoms with Crippen LogP contribution in [-0.4, -0.2) is 0 Å². The summed E-state index contributed by atoms with van der Waals surface area (Å²) in [6, 6.07) is 14.8. The highest BCUT2D eigenvalue weighted by atomic mass is 35.5. The highest BCUT2D eigenvalue weighted by Gasteiger charge is 2.13. The van der Waals surface area contributed by atoms with Gasteiger partial charge in [-0.05, 0) is 41.3 Å². The van der Waals surface area contributed by atoms with E-state index in [1.165, 1.54) is 21.6 Å². The van der Waals surface area contributed by atoms with Gasteiger partial charge in [0.05, 0.1) is 0 Å². The van der Waals surface area contributed by atoms with Crippen molar-refractivity contribution in [2.24, 2.45) is 0 Å². The van der Waals surface area contributed by atoms with Crippen LogP contribution in [0.1, 0.15) is 16.7 Å². The Morgan fingerprint density at radius 2 is 1.81 bits per heavy atom. The molecule has 16 heavy (non-hydrogen) atoms. The van der Waals surface area contributed by atoms with Crippen LogP contribution >= 0.6 is 23.4 Å². The lowest BCUT2D eigenvalue weighted by Crippen LogP contribution is -1.91. The summed E-state index contributed by atoms with van der Waals surface area (Å²) >= 11 is 7.97. The summed E-state index contributed by atoms with van der Waals surface area (Å²) in [5.74, 6) is 1.05. The smallest absolute Gasteiger partial charge is 0.0409 e. The standard InChI is InChI=1S/C14H11ClS/c15-13-6-5-11-9-16-14-4-2-1-3-10(14)7-12(11)8-13/h1-6,8H,7,9H2. The number of rotatable bonds is 0. The monoisotopic (exact) mass is 246 g/mol. The number of halogens is 1. The van der Waals surface area contributed by atoms with Gasteiger partial charge in [0.25, 0.3) is 0 Å². The van der Waals surface area contributed by atoms with Crippen LogP contribution in [0.4, 0.5) is 0 Å². The predicted octanol–water partition coefficient (Wildman–Crippen LogP) is 4.54. The number of hydrogen-bond acceptors (Lipinski definition) is 1. The first kappa shape index (κ1) is 10.2. The van der Waals surface area contributed by atoms with E-state index in [-0.39, 0.29) is 0 Å².